The summed E-state index contributed by atoms with van der Waals surface area (Å²) >= 11 is 0. The number of carbonyl (C=O) groups is 2. The number of benzene rings is 3. The molecule has 10 heteroatoms. The van der Waals surface area contributed by atoms with Crippen molar-refractivity contribution in [3.63, 3.8) is 0 Å². The maximum Gasteiger partial charge on any atom is 0.338 e. The fourth-order valence-electron chi connectivity index (χ4n) is 3.13. The molecule has 3 aromatic rings. The quantitative estimate of drug-likeness (QED) is 0.225. The first-order valence-corrected chi connectivity index (χ1v) is 9.79. The second-order valence-corrected chi connectivity index (χ2v) is 7.13. The maximum atomic E-state index is 12.6. The molecule has 168 valence electrons. The van der Waals surface area contributed by atoms with E-state index >= 15 is 0 Å². The highest BCUT2D eigenvalue weighted by atomic mass is 16.6. The van der Waals surface area contributed by atoms with Crippen LogP contribution >= 0.6 is 0 Å². The first-order chi connectivity index (χ1) is 15.8. The minimum atomic E-state index is -0.905. The number of ketones is 1. The van der Waals surface area contributed by atoms with Crippen LogP contribution in [0.4, 0.5) is 11.4 Å². The molecule has 0 saturated heterocycles. The number of hydrogen-bond donors (Lipinski definition) is 1. The van der Waals surface area contributed by atoms with Crippen molar-refractivity contribution in [2.45, 2.75) is 19.1 Å². The molecule has 0 radical (unpaired) electrons. The molecule has 33 heavy (non-hydrogen) atoms. The van der Waals surface area contributed by atoms with Crippen LogP contribution in [0.3, 0.4) is 0 Å². The number of nitro groups is 2. The molecule has 0 fully saturated rings. The molecule has 0 aromatic heterocycles. The summed E-state index contributed by atoms with van der Waals surface area (Å²) in [5.41, 5.74) is 7.61. The zero-order valence-corrected chi connectivity index (χ0v) is 17.2. The summed E-state index contributed by atoms with van der Waals surface area (Å²) in [5.74, 6) is -1.02. The summed E-state index contributed by atoms with van der Waals surface area (Å²) in [6.45, 7) is -0.0789. The van der Waals surface area contributed by atoms with Gasteiger partial charge in [0.2, 0.25) is 0 Å². The number of nitro benzene ring substituents is 2. The van der Waals surface area contributed by atoms with Gasteiger partial charge in [-0.05, 0) is 41.8 Å². The number of Topliss-reactive ketones (excluding diaryl/α,β-unsaturated/α-hetero) is 1. The molecule has 1 atom stereocenters. The van der Waals surface area contributed by atoms with Crippen molar-refractivity contribution in [2.24, 2.45) is 5.73 Å². The van der Waals surface area contributed by atoms with Gasteiger partial charge in [0.1, 0.15) is 6.61 Å². The van der Waals surface area contributed by atoms with Gasteiger partial charge in [-0.2, -0.15) is 0 Å². The average Bonchev–Trinajstić information content (AvgIpc) is 2.82. The van der Waals surface area contributed by atoms with Gasteiger partial charge in [-0.15, -0.1) is 0 Å². The summed E-state index contributed by atoms with van der Waals surface area (Å²) in [4.78, 5) is 45.3. The van der Waals surface area contributed by atoms with Crippen molar-refractivity contribution in [2.75, 3.05) is 0 Å². The Morgan fingerprint density at radius 1 is 0.788 bits per heavy atom. The minimum Gasteiger partial charge on any atom is -0.457 e. The zero-order valence-electron chi connectivity index (χ0n) is 17.2. The van der Waals surface area contributed by atoms with E-state index in [0.29, 0.717) is 11.1 Å². The second kappa shape index (κ2) is 10.2. The minimum absolute atomic E-state index is 0.0789. The number of nitrogens with two attached hydrogens (primary N) is 1. The number of carbonyl (C=O) groups excluding carboxylic acids is 2. The van der Waals surface area contributed by atoms with Crippen molar-refractivity contribution in [1.29, 1.82) is 0 Å². The molecule has 0 amide bonds. The number of rotatable bonds is 9. The molecule has 0 aliphatic rings. The van der Waals surface area contributed by atoms with E-state index in [1.165, 1.54) is 48.5 Å². The van der Waals surface area contributed by atoms with Crippen LogP contribution in [0, 0.1) is 20.2 Å². The van der Waals surface area contributed by atoms with E-state index in [4.69, 9.17) is 10.5 Å². The Morgan fingerprint density at radius 3 is 1.79 bits per heavy atom. The monoisotopic (exact) mass is 449 g/mol. The van der Waals surface area contributed by atoms with E-state index < -0.39 is 21.9 Å². The molecular formula is C23H19N3O7. The lowest BCUT2D eigenvalue weighted by molar-refractivity contribution is -0.385. The third kappa shape index (κ3) is 5.83. The normalized spacial score (nSPS) is 11.4. The topological polar surface area (TPSA) is 156 Å². The van der Waals surface area contributed by atoms with Gasteiger partial charge in [-0.3, -0.25) is 25.0 Å². The van der Waals surface area contributed by atoms with Gasteiger partial charge in [-0.1, -0.05) is 24.3 Å². The molecule has 0 bridgehead atoms. The Balaban J connectivity index is 1.65. The summed E-state index contributed by atoms with van der Waals surface area (Å²) in [6, 6.07) is 16.4. The van der Waals surface area contributed by atoms with Crippen molar-refractivity contribution < 1.29 is 24.2 Å². The van der Waals surface area contributed by atoms with Crippen LogP contribution in [0.2, 0.25) is 0 Å². The van der Waals surface area contributed by atoms with E-state index in [-0.39, 0.29) is 41.3 Å². The highest BCUT2D eigenvalue weighted by molar-refractivity contribution is 6.00. The average molecular weight is 449 g/mol. The fraction of sp³-hybridized carbons (Fsp3) is 0.130. The Labute approximate surface area is 187 Å². The SMILES string of the molecule is NC(Cc1ccccc1COC(=O)c1ccc([N+](=O)[O-])cc1)C(=O)c1ccc([N+](=O)[O-])cc1. The lowest BCUT2D eigenvalue weighted by Crippen LogP contribution is -2.33. The third-order valence-electron chi connectivity index (χ3n) is 4.93. The number of nitrogens with zero attached hydrogens (tertiary/aromatic N) is 2. The van der Waals surface area contributed by atoms with Gasteiger partial charge in [-0.25, -0.2) is 4.79 Å². The molecule has 2 N–H and O–H groups in total. The van der Waals surface area contributed by atoms with E-state index in [2.05, 4.69) is 0 Å². The summed E-state index contributed by atoms with van der Waals surface area (Å²) in [5, 5.41) is 21.5. The molecule has 0 saturated carbocycles. The zero-order chi connectivity index (χ0) is 24.0. The van der Waals surface area contributed by atoms with Crippen LogP contribution < -0.4 is 5.73 Å². The Hall–Kier alpha value is -4.44. The lowest BCUT2D eigenvalue weighted by Gasteiger charge is -2.14. The van der Waals surface area contributed by atoms with Gasteiger partial charge in [0, 0.05) is 29.8 Å². The van der Waals surface area contributed by atoms with Crippen molar-refractivity contribution in [1.82, 2.24) is 0 Å². The van der Waals surface area contributed by atoms with Gasteiger partial charge in [0.25, 0.3) is 11.4 Å². The number of ether oxygens (including phenoxy) is 1. The first kappa shape index (κ1) is 23.2. The highest BCUT2D eigenvalue weighted by Crippen LogP contribution is 2.18. The molecule has 0 aliphatic carbocycles. The Kier molecular flexibility index (Phi) is 7.21. The summed E-state index contributed by atoms with van der Waals surface area (Å²) < 4.78 is 5.32. The molecule has 10 nitrogen and oxygen atoms in total. The van der Waals surface area contributed by atoms with Gasteiger partial charge in [0.15, 0.2) is 5.78 Å². The number of hydrogen-bond acceptors (Lipinski definition) is 8. The van der Waals surface area contributed by atoms with E-state index in [9.17, 15) is 29.8 Å². The van der Waals surface area contributed by atoms with E-state index in [1.54, 1.807) is 24.3 Å². The Bertz CT molecular complexity index is 1190. The molecule has 0 heterocycles. The smallest absolute Gasteiger partial charge is 0.338 e. The maximum absolute atomic E-state index is 12.6. The number of esters is 1. The third-order valence-corrected chi connectivity index (χ3v) is 4.93. The van der Waals surface area contributed by atoms with Gasteiger partial charge in [0.05, 0.1) is 21.5 Å². The van der Waals surface area contributed by atoms with Gasteiger partial charge >= 0.3 is 5.97 Å². The largest absolute Gasteiger partial charge is 0.457 e. The Morgan fingerprint density at radius 2 is 1.27 bits per heavy atom. The van der Waals surface area contributed by atoms with Gasteiger partial charge < -0.3 is 10.5 Å². The summed E-state index contributed by atoms with van der Waals surface area (Å²) in [6.07, 6.45) is 0.168. The lowest BCUT2D eigenvalue weighted by atomic mass is 9.95. The fourth-order valence-corrected chi connectivity index (χ4v) is 3.13. The second-order valence-electron chi connectivity index (χ2n) is 7.13. The molecule has 1 unspecified atom stereocenters. The van der Waals surface area contributed by atoms with Crippen LogP contribution in [0.5, 0.6) is 0 Å². The first-order valence-electron chi connectivity index (χ1n) is 9.79. The molecule has 3 aromatic carbocycles. The van der Waals surface area contributed by atoms with E-state index in [1.807, 2.05) is 0 Å². The number of non-ortho nitro benzene ring substituents is 2. The van der Waals surface area contributed by atoms with Crippen molar-refractivity contribution in [3.8, 4) is 0 Å². The predicted octanol–water partition coefficient (Wildman–Crippen LogP) is 3.61. The predicted molar refractivity (Wildman–Crippen MR) is 118 cm³/mol. The molecule has 0 spiro atoms. The van der Waals surface area contributed by atoms with Crippen LogP contribution in [-0.4, -0.2) is 27.6 Å². The molecule has 0 aliphatic heterocycles. The van der Waals surface area contributed by atoms with Crippen LogP contribution in [0.15, 0.2) is 72.8 Å². The van der Waals surface area contributed by atoms with Crippen LogP contribution in [0.1, 0.15) is 31.8 Å². The summed E-state index contributed by atoms with van der Waals surface area (Å²) in [7, 11) is 0. The highest BCUT2D eigenvalue weighted by Gasteiger charge is 2.19. The van der Waals surface area contributed by atoms with Crippen LogP contribution in [-0.2, 0) is 17.8 Å². The van der Waals surface area contributed by atoms with E-state index in [0.717, 1.165) is 0 Å². The molecular weight excluding hydrogens is 430 g/mol. The standard InChI is InChI=1S/C23H19N3O7/c24-21(22(27)15-5-9-19(10-6-15)25(29)30)13-17-3-1-2-4-18(17)14-33-23(28)16-7-11-20(12-8-16)26(31)32/h1-12,21H,13-14,24H2. The van der Waals surface area contributed by atoms with Crippen LogP contribution in [0.25, 0.3) is 0 Å². The van der Waals surface area contributed by atoms with Crippen molar-refractivity contribution >= 4 is 23.1 Å². The van der Waals surface area contributed by atoms with Crippen molar-refractivity contribution in [3.05, 3.63) is 115 Å². The molecule has 3 rings (SSSR count).